The quantitative estimate of drug-likeness (QED) is 0.469. The number of rotatable bonds is 0. The van der Waals surface area contributed by atoms with Gasteiger partial charge in [-0.1, -0.05) is 13.8 Å². The van der Waals surface area contributed by atoms with Gasteiger partial charge < -0.3 is 5.73 Å². The Kier molecular flexibility index (Phi) is 4.83. The van der Waals surface area contributed by atoms with Crippen LogP contribution in [-0.4, -0.2) is 0 Å². The lowest BCUT2D eigenvalue weighted by molar-refractivity contribution is 1.23. The Morgan fingerprint density at radius 2 is 1.42 bits per heavy atom. The first-order valence-corrected chi connectivity index (χ1v) is 4.61. The topological polar surface area (TPSA) is 26.0 Å². The maximum atomic E-state index is 5.59. The minimum Gasteiger partial charge on any atom is -0.399 e. The molecule has 0 saturated carbocycles. The van der Waals surface area contributed by atoms with Crippen molar-refractivity contribution < 1.29 is 0 Å². The van der Waals surface area contributed by atoms with E-state index in [1.54, 1.807) is 0 Å². The molecule has 0 aliphatic rings. The second-order valence-corrected chi connectivity index (χ2v) is 2.95. The van der Waals surface area contributed by atoms with Crippen LogP contribution in [0.1, 0.15) is 25.0 Å². The molecule has 0 atom stereocenters. The lowest BCUT2D eigenvalue weighted by Crippen LogP contribution is -1.89. The van der Waals surface area contributed by atoms with Crippen molar-refractivity contribution >= 4 is 18.3 Å². The molecular weight excluding hydrogens is 166 g/mol. The van der Waals surface area contributed by atoms with E-state index in [9.17, 15) is 0 Å². The summed E-state index contributed by atoms with van der Waals surface area (Å²) in [5.74, 6) is 0. The Balaban J connectivity index is 0.000000561. The Bertz CT molecular complexity index is 233. The molecule has 0 spiro atoms. The Morgan fingerprint density at radius 3 is 1.75 bits per heavy atom. The monoisotopic (exact) mass is 183 g/mol. The number of nitrogen functional groups attached to an aromatic ring is 1. The lowest BCUT2D eigenvalue weighted by Gasteiger charge is -2.03. The summed E-state index contributed by atoms with van der Waals surface area (Å²) in [6, 6.07) is 3.85. The van der Waals surface area contributed by atoms with Gasteiger partial charge in [0, 0.05) is 10.6 Å². The summed E-state index contributed by atoms with van der Waals surface area (Å²) in [4.78, 5) is 1.04. The largest absolute Gasteiger partial charge is 0.399 e. The van der Waals surface area contributed by atoms with Crippen LogP contribution in [0.25, 0.3) is 0 Å². The first-order valence-electron chi connectivity index (χ1n) is 4.17. The van der Waals surface area contributed by atoms with Crippen molar-refractivity contribution in [1.82, 2.24) is 0 Å². The van der Waals surface area contributed by atoms with Crippen LogP contribution < -0.4 is 5.73 Å². The molecule has 0 aliphatic carbocycles. The number of thiol groups is 1. The molecule has 0 amide bonds. The second-order valence-electron chi connectivity index (χ2n) is 2.50. The summed E-state index contributed by atoms with van der Waals surface area (Å²) in [6.07, 6.45) is 0. The highest BCUT2D eigenvalue weighted by Gasteiger charge is 1.97. The molecule has 1 nitrogen and oxygen atoms in total. The van der Waals surface area contributed by atoms with Gasteiger partial charge in [0.05, 0.1) is 0 Å². The number of hydrogen-bond donors (Lipinski definition) is 2. The maximum absolute atomic E-state index is 5.59. The number of benzene rings is 1. The molecule has 0 unspecified atom stereocenters. The van der Waals surface area contributed by atoms with Crippen molar-refractivity contribution in [3.8, 4) is 0 Å². The van der Waals surface area contributed by atoms with Crippen molar-refractivity contribution in [3.05, 3.63) is 23.3 Å². The van der Waals surface area contributed by atoms with Crippen LogP contribution in [0.3, 0.4) is 0 Å². The van der Waals surface area contributed by atoms with E-state index < -0.39 is 0 Å². The van der Waals surface area contributed by atoms with Crippen LogP contribution in [0.15, 0.2) is 17.0 Å². The maximum Gasteiger partial charge on any atom is 0.0320 e. The summed E-state index contributed by atoms with van der Waals surface area (Å²) >= 11 is 4.30. The molecule has 0 heterocycles. The third-order valence-corrected chi connectivity index (χ3v) is 2.22. The minimum atomic E-state index is 0.813. The Morgan fingerprint density at radius 1 is 1.08 bits per heavy atom. The fourth-order valence-corrected chi connectivity index (χ4v) is 1.12. The number of nitrogens with two attached hydrogens (primary N) is 1. The number of hydrogen-bond acceptors (Lipinski definition) is 2. The molecule has 2 heteroatoms. The second kappa shape index (κ2) is 5.09. The van der Waals surface area contributed by atoms with Gasteiger partial charge in [-0.15, -0.1) is 12.6 Å². The molecule has 12 heavy (non-hydrogen) atoms. The smallest absolute Gasteiger partial charge is 0.0320 e. The van der Waals surface area contributed by atoms with Crippen LogP contribution in [0, 0.1) is 13.8 Å². The van der Waals surface area contributed by atoms with Gasteiger partial charge in [0.15, 0.2) is 0 Å². The minimum absolute atomic E-state index is 0.813. The molecule has 1 aromatic rings. The highest BCUT2D eigenvalue weighted by atomic mass is 32.1. The van der Waals surface area contributed by atoms with Crippen molar-refractivity contribution in [2.24, 2.45) is 0 Å². The fraction of sp³-hybridized carbons (Fsp3) is 0.400. The van der Waals surface area contributed by atoms with Crippen molar-refractivity contribution in [2.45, 2.75) is 32.6 Å². The predicted octanol–water partition coefficient (Wildman–Crippen LogP) is 3.20. The molecule has 0 saturated heterocycles. The van der Waals surface area contributed by atoms with E-state index in [-0.39, 0.29) is 0 Å². The summed E-state index contributed by atoms with van der Waals surface area (Å²) in [6.45, 7) is 8.01. The zero-order valence-corrected chi connectivity index (χ0v) is 9.07. The number of anilines is 1. The summed E-state index contributed by atoms with van der Waals surface area (Å²) < 4.78 is 0. The summed E-state index contributed by atoms with van der Waals surface area (Å²) in [7, 11) is 0. The van der Waals surface area contributed by atoms with E-state index in [1.807, 2.05) is 39.8 Å². The van der Waals surface area contributed by atoms with Gasteiger partial charge in [-0.3, -0.25) is 0 Å². The third-order valence-electron chi connectivity index (χ3n) is 1.51. The number of aryl methyl sites for hydroxylation is 2. The molecule has 0 aromatic heterocycles. The molecule has 1 aromatic carbocycles. The van der Waals surface area contributed by atoms with E-state index >= 15 is 0 Å². The zero-order chi connectivity index (χ0) is 9.72. The van der Waals surface area contributed by atoms with Gasteiger partial charge in [0.1, 0.15) is 0 Å². The van der Waals surface area contributed by atoms with E-state index in [1.165, 1.54) is 0 Å². The van der Waals surface area contributed by atoms with Crippen LogP contribution in [0.4, 0.5) is 5.69 Å². The average molecular weight is 183 g/mol. The normalized spacial score (nSPS) is 8.75. The molecule has 1 rings (SSSR count). The first kappa shape index (κ1) is 11.4. The first-order chi connectivity index (χ1) is 5.61. The van der Waals surface area contributed by atoms with Gasteiger partial charge in [0.25, 0.3) is 0 Å². The SMILES string of the molecule is CC.Cc1cc(N)cc(C)c1S. The standard InChI is InChI=1S/C8H11NS.C2H6/c1-5-3-7(9)4-6(2)8(5)10;1-2/h3-4,10H,9H2,1-2H3;1-2H3. The third kappa shape index (κ3) is 2.78. The summed E-state index contributed by atoms with van der Waals surface area (Å²) in [5, 5.41) is 0. The van der Waals surface area contributed by atoms with Crippen molar-refractivity contribution in [2.75, 3.05) is 5.73 Å². The van der Waals surface area contributed by atoms with Gasteiger partial charge in [-0.05, 0) is 37.1 Å². The molecule has 0 fully saturated rings. The van der Waals surface area contributed by atoms with Gasteiger partial charge in [-0.25, -0.2) is 0 Å². The van der Waals surface area contributed by atoms with Crippen molar-refractivity contribution in [3.63, 3.8) is 0 Å². The molecule has 2 N–H and O–H groups in total. The molecule has 0 aliphatic heterocycles. The van der Waals surface area contributed by atoms with E-state index in [4.69, 9.17) is 5.73 Å². The van der Waals surface area contributed by atoms with Gasteiger partial charge in [-0.2, -0.15) is 0 Å². The van der Waals surface area contributed by atoms with E-state index in [2.05, 4.69) is 12.6 Å². The highest BCUT2D eigenvalue weighted by Crippen LogP contribution is 2.20. The van der Waals surface area contributed by atoms with Crippen LogP contribution in [-0.2, 0) is 0 Å². The zero-order valence-electron chi connectivity index (χ0n) is 8.18. The fourth-order valence-electron chi connectivity index (χ4n) is 0.989. The van der Waals surface area contributed by atoms with Gasteiger partial charge in [0.2, 0.25) is 0 Å². The molecule has 68 valence electrons. The highest BCUT2D eigenvalue weighted by molar-refractivity contribution is 7.80. The molecule has 0 radical (unpaired) electrons. The Labute approximate surface area is 80.4 Å². The van der Waals surface area contributed by atoms with Crippen LogP contribution >= 0.6 is 12.6 Å². The Hall–Kier alpha value is -0.630. The van der Waals surface area contributed by atoms with Crippen LogP contribution in [0.5, 0.6) is 0 Å². The molecular formula is C10H17NS. The molecule has 0 bridgehead atoms. The predicted molar refractivity (Wildman–Crippen MR) is 58.9 cm³/mol. The van der Waals surface area contributed by atoms with Crippen molar-refractivity contribution in [1.29, 1.82) is 0 Å². The van der Waals surface area contributed by atoms with E-state index in [0.717, 1.165) is 21.7 Å². The van der Waals surface area contributed by atoms with Gasteiger partial charge >= 0.3 is 0 Å². The lowest BCUT2D eigenvalue weighted by atomic mass is 10.1. The van der Waals surface area contributed by atoms with E-state index in [0.29, 0.717) is 0 Å². The summed E-state index contributed by atoms with van der Waals surface area (Å²) in [5.41, 5.74) is 8.69. The van der Waals surface area contributed by atoms with Crippen LogP contribution in [0.2, 0.25) is 0 Å². The average Bonchev–Trinajstić information content (AvgIpc) is 2.04.